The van der Waals surface area contributed by atoms with Crippen molar-refractivity contribution in [2.75, 3.05) is 19.8 Å². The summed E-state index contributed by atoms with van der Waals surface area (Å²) in [4.78, 5) is 18.2. The summed E-state index contributed by atoms with van der Waals surface area (Å²) < 4.78 is 28.2. The first-order chi connectivity index (χ1) is 9.39. The molecule has 1 radical (unpaired) electrons. The zero-order chi connectivity index (χ0) is 15.2. The molecule has 113 valence electrons. The number of hydrogen-bond acceptors (Lipinski definition) is 4. The minimum atomic E-state index is -4.27. The van der Waals surface area contributed by atoms with Crippen molar-refractivity contribution in [1.29, 1.82) is 0 Å². The molecule has 0 unspecified atom stereocenters. The van der Waals surface area contributed by atoms with Crippen molar-refractivity contribution in [3.8, 4) is 0 Å². The van der Waals surface area contributed by atoms with Gasteiger partial charge in [0.15, 0.2) is 0 Å². The lowest BCUT2D eigenvalue weighted by Crippen LogP contribution is -2.57. The maximum Gasteiger partial charge on any atom is 0.537 e. The Morgan fingerprint density at radius 1 is 1.10 bits per heavy atom. The monoisotopic (exact) mass is 319 g/mol. The van der Waals surface area contributed by atoms with E-state index in [1.165, 1.54) is 12.1 Å². The SMILES string of the molecule is CCO[Si](OCC)(OCC)c1[c]cc(P(=O)(O)O)cc1. The molecule has 0 saturated heterocycles. The van der Waals surface area contributed by atoms with Crippen LogP contribution in [0.4, 0.5) is 0 Å². The van der Waals surface area contributed by atoms with Gasteiger partial charge in [-0.25, -0.2) is 0 Å². The van der Waals surface area contributed by atoms with Crippen LogP contribution in [0.1, 0.15) is 20.8 Å². The van der Waals surface area contributed by atoms with Crippen molar-refractivity contribution >= 4 is 26.9 Å². The molecule has 0 atom stereocenters. The minimum Gasteiger partial charge on any atom is -0.370 e. The van der Waals surface area contributed by atoms with Crippen LogP contribution in [0.3, 0.4) is 0 Å². The van der Waals surface area contributed by atoms with Gasteiger partial charge in [0.2, 0.25) is 0 Å². The Bertz CT molecular complexity index is 441. The van der Waals surface area contributed by atoms with Crippen molar-refractivity contribution < 1.29 is 27.6 Å². The lowest BCUT2D eigenvalue weighted by molar-refractivity contribution is 0.0858. The largest absolute Gasteiger partial charge is 0.537 e. The summed E-state index contributed by atoms with van der Waals surface area (Å²) >= 11 is 0. The molecule has 0 aliphatic heterocycles. The molecule has 0 aliphatic carbocycles. The highest BCUT2D eigenvalue weighted by molar-refractivity contribution is 7.60. The highest BCUT2D eigenvalue weighted by atomic mass is 31.2. The van der Waals surface area contributed by atoms with E-state index in [-0.39, 0.29) is 5.30 Å². The molecule has 0 spiro atoms. The van der Waals surface area contributed by atoms with E-state index in [2.05, 4.69) is 6.07 Å². The van der Waals surface area contributed by atoms with Crippen LogP contribution in [-0.4, -0.2) is 38.4 Å². The average molecular weight is 319 g/mol. The zero-order valence-corrected chi connectivity index (χ0v) is 13.7. The van der Waals surface area contributed by atoms with Gasteiger partial charge in [0.25, 0.3) is 0 Å². The molecule has 1 rings (SSSR count). The van der Waals surface area contributed by atoms with Gasteiger partial charge in [0.05, 0.1) is 5.30 Å². The lowest BCUT2D eigenvalue weighted by atomic mass is 10.4. The summed E-state index contributed by atoms with van der Waals surface area (Å²) in [6, 6.07) is 6.99. The molecule has 8 heteroatoms. The van der Waals surface area contributed by atoms with Gasteiger partial charge < -0.3 is 23.1 Å². The van der Waals surface area contributed by atoms with E-state index < -0.39 is 16.4 Å². The van der Waals surface area contributed by atoms with Gasteiger partial charge in [0, 0.05) is 25.0 Å². The van der Waals surface area contributed by atoms with Crippen LogP contribution >= 0.6 is 7.60 Å². The summed E-state index contributed by atoms with van der Waals surface area (Å²) in [5.74, 6) is 0. The predicted molar refractivity (Wildman–Crippen MR) is 77.2 cm³/mol. The van der Waals surface area contributed by atoms with E-state index in [1.54, 1.807) is 6.07 Å². The molecule has 0 aliphatic rings. The molecular weight excluding hydrogens is 299 g/mol. The van der Waals surface area contributed by atoms with Crippen molar-refractivity contribution in [3.63, 3.8) is 0 Å². The number of rotatable bonds is 8. The molecule has 0 amide bonds. The predicted octanol–water partition coefficient (Wildman–Crippen LogP) is 0.545. The van der Waals surface area contributed by atoms with Crippen LogP contribution in [0, 0.1) is 6.07 Å². The van der Waals surface area contributed by atoms with Crippen LogP contribution in [0.2, 0.25) is 0 Å². The van der Waals surface area contributed by atoms with E-state index in [0.29, 0.717) is 25.0 Å². The maximum atomic E-state index is 11.2. The second kappa shape index (κ2) is 7.47. The maximum absolute atomic E-state index is 11.2. The normalized spacial score (nSPS) is 12.7. The van der Waals surface area contributed by atoms with Crippen LogP contribution in [0.15, 0.2) is 18.2 Å². The van der Waals surface area contributed by atoms with E-state index >= 15 is 0 Å². The van der Waals surface area contributed by atoms with Gasteiger partial charge in [-0.1, -0.05) is 6.07 Å². The fourth-order valence-electron chi connectivity index (χ4n) is 1.72. The van der Waals surface area contributed by atoms with Gasteiger partial charge in [-0.05, 0) is 39.0 Å². The summed E-state index contributed by atoms with van der Waals surface area (Å²) in [5, 5.41) is 0.480. The van der Waals surface area contributed by atoms with Gasteiger partial charge >= 0.3 is 16.4 Å². The standard InChI is InChI=1S/C12H20O6PSi/c1-4-16-20(17-5-2,18-6-3)12-9-7-11(8-10-12)19(13,14)15/h7-9H,4-6H2,1-3H3,(H2,13,14,15). The first-order valence-electron chi connectivity index (χ1n) is 6.39. The topological polar surface area (TPSA) is 85.2 Å². The molecular formula is C12H20O6PSi. The van der Waals surface area contributed by atoms with Gasteiger partial charge in [0.1, 0.15) is 0 Å². The Labute approximate surface area is 120 Å². The molecule has 20 heavy (non-hydrogen) atoms. The van der Waals surface area contributed by atoms with E-state index in [0.717, 1.165) is 0 Å². The second-order valence-electron chi connectivity index (χ2n) is 3.86. The molecule has 0 saturated carbocycles. The van der Waals surface area contributed by atoms with Crippen LogP contribution in [0.25, 0.3) is 0 Å². The second-order valence-corrected chi connectivity index (χ2v) is 7.98. The lowest BCUT2D eigenvalue weighted by Gasteiger charge is -2.28. The molecule has 0 aromatic heterocycles. The summed E-state index contributed by atoms with van der Waals surface area (Å²) in [5.41, 5.74) is 0. The Hall–Kier alpha value is -0.533. The molecule has 0 bridgehead atoms. The summed E-state index contributed by atoms with van der Waals surface area (Å²) in [6.07, 6.45) is 0. The highest BCUT2D eigenvalue weighted by Gasteiger charge is 2.43. The minimum absolute atomic E-state index is 0.0892. The van der Waals surface area contributed by atoms with Gasteiger partial charge in [-0.2, -0.15) is 0 Å². The smallest absolute Gasteiger partial charge is 0.370 e. The first kappa shape index (κ1) is 17.5. The number of benzene rings is 1. The van der Waals surface area contributed by atoms with E-state index in [4.69, 9.17) is 23.1 Å². The van der Waals surface area contributed by atoms with E-state index in [9.17, 15) is 4.57 Å². The number of hydrogen-bond donors (Lipinski definition) is 2. The van der Waals surface area contributed by atoms with Gasteiger partial charge in [-0.3, -0.25) is 4.57 Å². The fourth-order valence-corrected chi connectivity index (χ4v) is 4.61. The third kappa shape index (κ3) is 4.23. The first-order valence-corrected chi connectivity index (χ1v) is 9.73. The molecule has 1 aromatic rings. The quantitative estimate of drug-likeness (QED) is 0.537. The summed E-state index contributed by atoms with van der Waals surface area (Å²) in [6.45, 7) is 6.76. The molecule has 6 nitrogen and oxygen atoms in total. The Morgan fingerprint density at radius 2 is 1.60 bits per heavy atom. The van der Waals surface area contributed by atoms with Crippen molar-refractivity contribution in [3.05, 3.63) is 24.3 Å². The Morgan fingerprint density at radius 3 is 1.90 bits per heavy atom. The molecule has 2 N–H and O–H groups in total. The van der Waals surface area contributed by atoms with Gasteiger partial charge in [-0.15, -0.1) is 0 Å². The van der Waals surface area contributed by atoms with Crippen LogP contribution in [0.5, 0.6) is 0 Å². The zero-order valence-electron chi connectivity index (χ0n) is 11.8. The van der Waals surface area contributed by atoms with Crippen LogP contribution < -0.4 is 10.5 Å². The Kier molecular flexibility index (Phi) is 6.54. The third-order valence-electron chi connectivity index (χ3n) is 2.47. The average Bonchev–Trinajstić information content (AvgIpc) is 2.38. The molecule has 0 heterocycles. The van der Waals surface area contributed by atoms with Crippen molar-refractivity contribution in [2.45, 2.75) is 20.8 Å². The molecule has 1 aromatic carbocycles. The highest BCUT2D eigenvalue weighted by Crippen LogP contribution is 2.32. The van der Waals surface area contributed by atoms with Crippen LogP contribution in [-0.2, 0) is 17.8 Å². The van der Waals surface area contributed by atoms with E-state index in [1.807, 2.05) is 20.8 Å². The van der Waals surface area contributed by atoms with Crippen molar-refractivity contribution in [2.24, 2.45) is 0 Å². The molecule has 0 fully saturated rings. The third-order valence-corrected chi connectivity index (χ3v) is 6.39. The summed E-state index contributed by atoms with van der Waals surface area (Å²) in [7, 11) is -7.34. The Balaban J connectivity index is 3.16. The van der Waals surface area contributed by atoms with Crippen molar-refractivity contribution in [1.82, 2.24) is 0 Å². The fraction of sp³-hybridized carbons (Fsp3) is 0.500.